The lowest BCUT2D eigenvalue weighted by atomic mass is 10.0. The van der Waals surface area contributed by atoms with Gasteiger partial charge in [-0.15, -0.1) is 0 Å². The number of anilines is 1. The molecule has 4 rings (SSSR count). The van der Waals surface area contributed by atoms with Crippen LogP contribution < -0.4 is 14.8 Å². The minimum atomic E-state index is -1.03. The van der Waals surface area contributed by atoms with Crippen molar-refractivity contribution in [2.45, 2.75) is 51.2 Å². The minimum Gasteiger partial charge on any atom is -0.365 e. The monoisotopic (exact) mass is 440 g/mol. The van der Waals surface area contributed by atoms with E-state index in [1.807, 2.05) is 44.3 Å². The van der Waals surface area contributed by atoms with Crippen molar-refractivity contribution in [3.63, 3.8) is 0 Å². The van der Waals surface area contributed by atoms with Crippen LogP contribution in [0.25, 0.3) is 10.9 Å². The van der Waals surface area contributed by atoms with Crippen molar-refractivity contribution in [2.75, 3.05) is 38.1 Å². The molecule has 1 N–H and O–H groups in total. The molecule has 2 fully saturated rings. The number of pyridine rings is 1. The maximum Gasteiger partial charge on any atom is 0.253 e. The highest BCUT2D eigenvalue weighted by Crippen LogP contribution is 2.30. The van der Waals surface area contributed by atoms with Crippen molar-refractivity contribution < 1.29 is 18.5 Å². The van der Waals surface area contributed by atoms with Crippen LogP contribution >= 0.6 is 0 Å². The highest BCUT2D eigenvalue weighted by Gasteiger charge is 2.38. The molecule has 2 saturated heterocycles. The van der Waals surface area contributed by atoms with Crippen molar-refractivity contribution >= 4 is 22.5 Å². The predicted octanol–water partition coefficient (Wildman–Crippen LogP) is 1.77. The number of aryl methyl sites for hydroxylation is 1. The maximum atomic E-state index is 14.4. The molecule has 2 aromatic rings. The van der Waals surface area contributed by atoms with Gasteiger partial charge in [-0.3, -0.25) is 4.79 Å². The Hall–Kier alpha value is -2.76. The number of nitrogens with zero attached hydrogens (tertiary/aromatic N) is 4. The Labute approximate surface area is 188 Å². The van der Waals surface area contributed by atoms with E-state index in [9.17, 15) is 14.4 Å². The van der Waals surface area contributed by atoms with E-state index in [0.717, 1.165) is 23.1 Å². The number of hydrogen-bond acceptors (Lipinski definition) is 5. The lowest BCUT2D eigenvalue weighted by Crippen LogP contribution is -2.59. The molecule has 7 nitrogen and oxygen atoms in total. The molecule has 3 heterocycles. The van der Waals surface area contributed by atoms with E-state index in [4.69, 9.17) is 4.74 Å². The van der Waals surface area contributed by atoms with Gasteiger partial charge in [-0.1, -0.05) is 0 Å². The first kappa shape index (κ1) is 22.4. The summed E-state index contributed by atoms with van der Waals surface area (Å²) in [5.41, 5.74) is 2.49. The van der Waals surface area contributed by atoms with E-state index < -0.39 is 18.3 Å². The van der Waals surface area contributed by atoms with E-state index in [1.165, 1.54) is 4.90 Å². The second-order valence-corrected chi connectivity index (χ2v) is 8.67. The number of fused-ring (bicyclic) bond motifs is 1. The lowest BCUT2D eigenvalue weighted by Gasteiger charge is -2.41. The third-order valence-electron chi connectivity index (χ3n) is 6.56. The Balaban J connectivity index is 1.64. The molecule has 0 spiro atoms. The first-order valence-electron chi connectivity index (χ1n) is 11.3. The predicted molar refractivity (Wildman–Crippen MR) is 120 cm³/mol. The van der Waals surface area contributed by atoms with Gasteiger partial charge < -0.3 is 19.9 Å². The summed E-state index contributed by atoms with van der Waals surface area (Å²) >= 11 is 0. The zero-order valence-corrected chi connectivity index (χ0v) is 18.9. The summed E-state index contributed by atoms with van der Waals surface area (Å²) < 4.78 is 22.5. The van der Waals surface area contributed by atoms with Gasteiger partial charge in [0.2, 0.25) is 5.52 Å². The number of ether oxygens (including phenoxy) is 1. The molecule has 2 aliphatic heterocycles. The van der Waals surface area contributed by atoms with Crippen LogP contribution in [0, 0.1) is 11.3 Å². The molecule has 4 atom stereocenters. The van der Waals surface area contributed by atoms with Crippen molar-refractivity contribution in [3.8, 4) is 6.07 Å². The topological polar surface area (TPSA) is 72.5 Å². The highest BCUT2D eigenvalue weighted by atomic mass is 19.1. The summed E-state index contributed by atoms with van der Waals surface area (Å²) in [5.74, 6) is -0.195. The summed E-state index contributed by atoms with van der Waals surface area (Å²) in [6.45, 7) is 6.84. The first-order chi connectivity index (χ1) is 15.4. The van der Waals surface area contributed by atoms with E-state index in [0.29, 0.717) is 38.2 Å². The third kappa shape index (κ3) is 4.15. The van der Waals surface area contributed by atoms with Crippen LogP contribution in [0.4, 0.5) is 10.1 Å². The third-order valence-corrected chi connectivity index (χ3v) is 6.56. The number of hydrogen-bond donors (Lipinski definition) is 1. The number of nitrogens with one attached hydrogen (secondary N) is 1. The molecule has 32 heavy (non-hydrogen) atoms. The number of rotatable bonds is 4. The number of amides is 1. The van der Waals surface area contributed by atoms with Crippen LogP contribution in [0.5, 0.6) is 0 Å². The van der Waals surface area contributed by atoms with E-state index in [2.05, 4.69) is 20.9 Å². The number of alkyl halides is 1. The number of piperidine rings is 1. The largest absolute Gasteiger partial charge is 0.365 e. The molecule has 0 radical (unpaired) electrons. The molecule has 0 saturated carbocycles. The molecule has 0 bridgehead atoms. The molecular formula is C24H31FN5O2+. The Bertz CT molecular complexity index is 1040. The Morgan fingerprint density at radius 2 is 2.22 bits per heavy atom. The van der Waals surface area contributed by atoms with Crippen LogP contribution in [-0.2, 0) is 16.1 Å². The Morgan fingerprint density at radius 3 is 2.94 bits per heavy atom. The van der Waals surface area contributed by atoms with Crippen molar-refractivity contribution in [3.05, 3.63) is 36.0 Å². The van der Waals surface area contributed by atoms with Gasteiger partial charge in [-0.2, -0.15) is 9.83 Å². The number of likely N-dealkylation sites (N-methyl/N-ethyl adjacent to an activating group) is 1. The number of aromatic nitrogens is 1. The maximum absolute atomic E-state index is 14.4. The van der Waals surface area contributed by atoms with Crippen molar-refractivity contribution in [2.24, 2.45) is 0 Å². The summed E-state index contributed by atoms with van der Waals surface area (Å²) in [5, 5.41) is 13.8. The van der Waals surface area contributed by atoms with Crippen molar-refractivity contribution in [1.82, 2.24) is 10.2 Å². The second kappa shape index (κ2) is 9.39. The molecule has 1 amide bonds. The van der Waals surface area contributed by atoms with Crippen LogP contribution in [0.15, 0.2) is 30.5 Å². The average molecular weight is 441 g/mol. The van der Waals surface area contributed by atoms with Gasteiger partial charge in [0.05, 0.1) is 29.8 Å². The second-order valence-electron chi connectivity index (χ2n) is 8.67. The fourth-order valence-electron chi connectivity index (χ4n) is 4.88. The van der Waals surface area contributed by atoms with Crippen molar-refractivity contribution in [1.29, 1.82) is 5.26 Å². The van der Waals surface area contributed by atoms with Gasteiger partial charge in [-0.25, -0.2) is 4.39 Å². The van der Waals surface area contributed by atoms with Gasteiger partial charge in [0.15, 0.2) is 12.3 Å². The SMILES string of the molecule is CC[n+]1cccc2c(N3CC(C)OC(C(=O)N(C)C4CNCCC4F)C3)ccc(C#N)c21. The quantitative estimate of drug-likeness (QED) is 0.734. The molecule has 0 aliphatic carbocycles. The van der Waals surface area contributed by atoms with E-state index in [1.54, 1.807) is 7.05 Å². The van der Waals surface area contributed by atoms with Gasteiger partial charge in [-0.05, 0) is 45.0 Å². The Kier molecular flexibility index (Phi) is 6.58. The summed E-state index contributed by atoms with van der Waals surface area (Å²) in [6.07, 6.45) is 0.511. The van der Waals surface area contributed by atoms with Gasteiger partial charge in [0.25, 0.3) is 5.91 Å². The summed E-state index contributed by atoms with van der Waals surface area (Å²) in [7, 11) is 1.67. The molecule has 1 aromatic heterocycles. The molecule has 1 aromatic carbocycles. The molecule has 2 aliphatic rings. The van der Waals surface area contributed by atoms with Gasteiger partial charge >= 0.3 is 0 Å². The van der Waals surface area contributed by atoms with Crippen LogP contribution in [0.1, 0.15) is 25.8 Å². The summed E-state index contributed by atoms with van der Waals surface area (Å²) in [6, 6.07) is 9.61. The number of carbonyl (C=O) groups excluding carboxylic acids is 1. The van der Waals surface area contributed by atoms with E-state index in [-0.39, 0.29) is 12.0 Å². The minimum absolute atomic E-state index is 0.163. The van der Waals surface area contributed by atoms with Gasteiger partial charge in [0.1, 0.15) is 24.3 Å². The van der Waals surface area contributed by atoms with Crippen LogP contribution in [0.2, 0.25) is 0 Å². The Morgan fingerprint density at radius 1 is 1.41 bits per heavy atom. The zero-order valence-electron chi connectivity index (χ0n) is 18.9. The fraction of sp³-hybridized carbons (Fsp3) is 0.542. The lowest BCUT2D eigenvalue weighted by molar-refractivity contribution is -0.667. The molecular weight excluding hydrogens is 409 g/mol. The smallest absolute Gasteiger partial charge is 0.253 e. The highest BCUT2D eigenvalue weighted by molar-refractivity contribution is 5.94. The first-order valence-corrected chi connectivity index (χ1v) is 11.3. The average Bonchev–Trinajstić information content (AvgIpc) is 2.81. The number of carbonyl (C=O) groups is 1. The van der Waals surface area contributed by atoms with Crippen LogP contribution in [-0.4, -0.2) is 68.5 Å². The molecule has 4 unspecified atom stereocenters. The number of benzene rings is 1. The van der Waals surface area contributed by atoms with Gasteiger partial charge in [0, 0.05) is 26.2 Å². The summed E-state index contributed by atoms with van der Waals surface area (Å²) in [4.78, 5) is 16.9. The standard InChI is InChI=1S/C24H31FN5O2/c1-4-29-11-5-6-18-20(8-7-17(12-26)23(18)29)30-14-16(2)32-22(15-30)24(31)28(3)21-13-27-10-9-19(21)25/h5-8,11,16,19,21-22,27H,4,9-10,13-15H2,1-3H3/q+1. The molecule has 8 heteroatoms. The number of morpholine rings is 1. The fourth-order valence-corrected chi connectivity index (χ4v) is 4.88. The zero-order chi connectivity index (χ0) is 22.8. The van der Waals surface area contributed by atoms with Crippen LogP contribution in [0.3, 0.4) is 0 Å². The van der Waals surface area contributed by atoms with E-state index >= 15 is 0 Å². The number of halogens is 1. The molecule has 170 valence electrons. The number of nitriles is 1. The normalized spacial score (nSPS) is 26.0.